The summed E-state index contributed by atoms with van der Waals surface area (Å²) in [7, 11) is 1.68. The Balaban J connectivity index is 1.89. The molecule has 3 nitrogen and oxygen atoms in total. The van der Waals surface area contributed by atoms with Gasteiger partial charge >= 0.3 is 0 Å². The number of benzene rings is 1. The van der Waals surface area contributed by atoms with E-state index >= 15 is 0 Å². The quantitative estimate of drug-likeness (QED) is 0.829. The highest BCUT2D eigenvalue weighted by Gasteiger charge is 2.08. The Morgan fingerprint density at radius 2 is 2.10 bits per heavy atom. The number of rotatable bonds is 6. The molecule has 0 aliphatic carbocycles. The molecule has 0 radical (unpaired) electrons. The molecule has 2 aromatic rings. The first-order valence-corrected chi connectivity index (χ1v) is 7.06. The van der Waals surface area contributed by atoms with Crippen LogP contribution in [0.1, 0.15) is 22.4 Å². The lowest BCUT2D eigenvalue weighted by Gasteiger charge is -2.12. The summed E-state index contributed by atoms with van der Waals surface area (Å²) in [5.41, 5.74) is 4.08. The van der Waals surface area contributed by atoms with E-state index in [-0.39, 0.29) is 5.82 Å². The van der Waals surface area contributed by atoms with Gasteiger partial charge in [-0.25, -0.2) is 4.39 Å². The maximum absolute atomic E-state index is 13.1. The van der Waals surface area contributed by atoms with E-state index in [1.165, 1.54) is 6.07 Å². The lowest BCUT2D eigenvalue weighted by atomic mass is 10.1. The molecular weight excluding hydrogens is 267 g/mol. The predicted octanol–water partition coefficient (Wildman–Crippen LogP) is 3.18. The van der Waals surface area contributed by atoms with Crippen molar-refractivity contribution in [1.82, 2.24) is 10.3 Å². The molecule has 0 unspecified atom stereocenters. The first-order chi connectivity index (χ1) is 10.1. The molecule has 1 aromatic heterocycles. The first-order valence-electron chi connectivity index (χ1n) is 7.06. The fourth-order valence-corrected chi connectivity index (χ4v) is 2.38. The normalized spacial score (nSPS) is 10.7. The Labute approximate surface area is 125 Å². The summed E-state index contributed by atoms with van der Waals surface area (Å²) in [6.45, 7) is 5.46. The van der Waals surface area contributed by atoms with E-state index in [1.54, 1.807) is 19.2 Å². The monoisotopic (exact) mass is 288 g/mol. The van der Waals surface area contributed by atoms with Crippen molar-refractivity contribution in [1.29, 1.82) is 0 Å². The number of aromatic nitrogens is 1. The SMILES string of the molecule is COc1c(C)cnc(CNCCc2cccc(F)c2)c1C. The number of halogens is 1. The van der Waals surface area contributed by atoms with Crippen molar-refractivity contribution in [3.05, 3.63) is 58.7 Å². The molecule has 0 aliphatic heterocycles. The molecule has 0 spiro atoms. The van der Waals surface area contributed by atoms with Crippen molar-refractivity contribution >= 4 is 0 Å². The number of nitrogens with one attached hydrogen (secondary N) is 1. The molecule has 4 heteroatoms. The number of methoxy groups -OCH3 is 1. The Morgan fingerprint density at radius 3 is 2.81 bits per heavy atom. The highest BCUT2D eigenvalue weighted by atomic mass is 19.1. The maximum Gasteiger partial charge on any atom is 0.128 e. The summed E-state index contributed by atoms with van der Waals surface area (Å²) < 4.78 is 18.5. The Bertz CT molecular complexity index is 614. The van der Waals surface area contributed by atoms with Gasteiger partial charge in [0, 0.05) is 23.9 Å². The van der Waals surface area contributed by atoms with Gasteiger partial charge in [-0.1, -0.05) is 12.1 Å². The largest absolute Gasteiger partial charge is 0.496 e. The molecule has 1 heterocycles. The number of nitrogens with zero attached hydrogens (tertiary/aromatic N) is 1. The molecule has 0 atom stereocenters. The summed E-state index contributed by atoms with van der Waals surface area (Å²) >= 11 is 0. The lowest BCUT2D eigenvalue weighted by molar-refractivity contribution is 0.406. The van der Waals surface area contributed by atoms with Gasteiger partial charge in [0.25, 0.3) is 0 Å². The van der Waals surface area contributed by atoms with Crippen molar-refractivity contribution in [2.45, 2.75) is 26.8 Å². The number of ether oxygens (including phenoxy) is 1. The molecule has 112 valence electrons. The van der Waals surface area contributed by atoms with Crippen LogP contribution < -0.4 is 10.1 Å². The highest BCUT2D eigenvalue weighted by Crippen LogP contribution is 2.23. The van der Waals surface area contributed by atoms with Crippen LogP contribution in [0.15, 0.2) is 30.5 Å². The molecule has 0 saturated carbocycles. The average Bonchev–Trinajstić information content (AvgIpc) is 2.46. The number of aryl methyl sites for hydroxylation is 1. The van der Waals surface area contributed by atoms with E-state index in [0.29, 0.717) is 6.54 Å². The summed E-state index contributed by atoms with van der Waals surface area (Å²) in [6.07, 6.45) is 2.62. The summed E-state index contributed by atoms with van der Waals surface area (Å²) in [6, 6.07) is 6.70. The molecule has 0 amide bonds. The van der Waals surface area contributed by atoms with Gasteiger partial charge in [0.15, 0.2) is 0 Å². The van der Waals surface area contributed by atoms with Crippen LogP contribution in [0.3, 0.4) is 0 Å². The molecular formula is C17H21FN2O. The Morgan fingerprint density at radius 1 is 1.29 bits per heavy atom. The van der Waals surface area contributed by atoms with Crippen molar-refractivity contribution in [3.8, 4) is 5.75 Å². The van der Waals surface area contributed by atoms with Gasteiger partial charge in [0.1, 0.15) is 11.6 Å². The van der Waals surface area contributed by atoms with Gasteiger partial charge < -0.3 is 10.1 Å². The van der Waals surface area contributed by atoms with Gasteiger partial charge in [-0.15, -0.1) is 0 Å². The van der Waals surface area contributed by atoms with E-state index in [9.17, 15) is 4.39 Å². The zero-order valence-electron chi connectivity index (χ0n) is 12.7. The maximum atomic E-state index is 13.1. The number of hydrogen-bond acceptors (Lipinski definition) is 3. The minimum absolute atomic E-state index is 0.187. The van der Waals surface area contributed by atoms with Gasteiger partial charge in [-0.05, 0) is 44.5 Å². The van der Waals surface area contributed by atoms with E-state index in [4.69, 9.17) is 4.74 Å². The van der Waals surface area contributed by atoms with Crippen LogP contribution in [0.25, 0.3) is 0 Å². The average molecular weight is 288 g/mol. The minimum atomic E-state index is -0.187. The zero-order valence-corrected chi connectivity index (χ0v) is 12.7. The summed E-state index contributed by atoms with van der Waals surface area (Å²) in [4.78, 5) is 4.44. The summed E-state index contributed by atoms with van der Waals surface area (Å²) in [5.74, 6) is 0.709. The van der Waals surface area contributed by atoms with Crippen LogP contribution in [-0.2, 0) is 13.0 Å². The molecule has 0 aliphatic rings. The van der Waals surface area contributed by atoms with E-state index in [0.717, 1.165) is 41.1 Å². The van der Waals surface area contributed by atoms with E-state index in [2.05, 4.69) is 10.3 Å². The molecule has 2 rings (SSSR count). The lowest BCUT2D eigenvalue weighted by Crippen LogP contribution is -2.18. The fraction of sp³-hybridized carbons (Fsp3) is 0.353. The zero-order chi connectivity index (χ0) is 15.2. The van der Waals surface area contributed by atoms with Crippen LogP contribution in [-0.4, -0.2) is 18.6 Å². The topological polar surface area (TPSA) is 34.1 Å². The fourth-order valence-electron chi connectivity index (χ4n) is 2.38. The third kappa shape index (κ3) is 4.02. The molecule has 1 N–H and O–H groups in total. The smallest absolute Gasteiger partial charge is 0.128 e. The van der Waals surface area contributed by atoms with Gasteiger partial charge in [0.2, 0.25) is 0 Å². The molecule has 1 aromatic carbocycles. The van der Waals surface area contributed by atoms with Crippen molar-refractivity contribution in [2.75, 3.05) is 13.7 Å². The van der Waals surface area contributed by atoms with Crippen LogP contribution in [0, 0.1) is 19.7 Å². The van der Waals surface area contributed by atoms with Crippen molar-refractivity contribution in [3.63, 3.8) is 0 Å². The van der Waals surface area contributed by atoms with Crippen molar-refractivity contribution < 1.29 is 9.13 Å². The summed E-state index contributed by atoms with van der Waals surface area (Å²) in [5, 5.41) is 3.34. The molecule has 0 saturated heterocycles. The molecule has 0 bridgehead atoms. The molecule has 21 heavy (non-hydrogen) atoms. The standard InChI is InChI=1S/C17H21FN2O/c1-12-10-20-16(13(2)17(12)21-3)11-19-8-7-14-5-4-6-15(18)9-14/h4-6,9-10,19H,7-8,11H2,1-3H3. The second kappa shape index (κ2) is 7.18. The van der Waals surface area contributed by atoms with Crippen LogP contribution in [0.4, 0.5) is 4.39 Å². The third-order valence-electron chi connectivity index (χ3n) is 3.52. The highest BCUT2D eigenvalue weighted by molar-refractivity contribution is 5.40. The second-order valence-electron chi connectivity index (χ2n) is 5.10. The first kappa shape index (κ1) is 15.4. The van der Waals surface area contributed by atoms with Gasteiger partial charge in [-0.3, -0.25) is 4.98 Å². The van der Waals surface area contributed by atoms with E-state index in [1.807, 2.05) is 26.1 Å². The van der Waals surface area contributed by atoms with E-state index < -0.39 is 0 Å². The van der Waals surface area contributed by atoms with Crippen LogP contribution in [0.2, 0.25) is 0 Å². The van der Waals surface area contributed by atoms with Crippen molar-refractivity contribution in [2.24, 2.45) is 0 Å². The number of hydrogen-bond donors (Lipinski definition) is 1. The third-order valence-corrected chi connectivity index (χ3v) is 3.52. The molecule has 0 fully saturated rings. The van der Waals surface area contributed by atoms with Gasteiger partial charge in [0.05, 0.1) is 12.8 Å². The van der Waals surface area contributed by atoms with Gasteiger partial charge in [-0.2, -0.15) is 0 Å². The second-order valence-corrected chi connectivity index (χ2v) is 5.10. The predicted molar refractivity (Wildman–Crippen MR) is 82.1 cm³/mol. The Hall–Kier alpha value is -1.94. The minimum Gasteiger partial charge on any atom is -0.496 e. The number of pyridine rings is 1. The van der Waals surface area contributed by atoms with Crippen LogP contribution in [0.5, 0.6) is 5.75 Å². The Kier molecular flexibility index (Phi) is 5.28. The van der Waals surface area contributed by atoms with Crippen LogP contribution >= 0.6 is 0 Å².